The summed E-state index contributed by atoms with van der Waals surface area (Å²) in [5.41, 5.74) is 4.60. The maximum Gasteiger partial charge on any atom is 0.223 e. The van der Waals surface area contributed by atoms with Crippen LogP contribution in [-0.2, 0) is 11.3 Å². The molecule has 2 aromatic carbocycles. The molecule has 30 heavy (non-hydrogen) atoms. The monoisotopic (exact) mass is 400 g/mol. The molecule has 0 spiro atoms. The van der Waals surface area contributed by atoms with Crippen molar-refractivity contribution >= 4 is 11.7 Å². The number of aryl methyl sites for hydroxylation is 2. The van der Waals surface area contributed by atoms with E-state index in [1.54, 1.807) is 0 Å². The van der Waals surface area contributed by atoms with E-state index in [-0.39, 0.29) is 11.8 Å². The van der Waals surface area contributed by atoms with Gasteiger partial charge in [0.2, 0.25) is 5.91 Å². The molecule has 0 radical (unpaired) electrons. The highest BCUT2D eigenvalue weighted by Gasteiger charge is 2.25. The van der Waals surface area contributed by atoms with Crippen LogP contribution < -0.4 is 10.2 Å². The van der Waals surface area contributed by atoms with Gasteiger partial charge in [0.15, 0.2) is 5.82 Å². The maximum atomic E-state index is 12.6. The normalized spacial score (nSPS) is 14.5. The van der Waals surface area contributed by atoms with Crippen LogP contribution >= 0.6 is 0 Å². The molecule has 0 unspecified atom stereocenters. The molecule has 0 saturated carbocycles. The Morgan fingerprint density at radius 3 is 2.53 bits per heavy atom. The second-order valence-electron chi connectivity index (χ2n) is 8.07. The number of piperidine rings is 1. The fourth-order valence-corrected chi connectivity index (χ4v) is 3.89. The van der Waals surface area contributed by atoms with Gasteiger partial charge in [0.05, 0.1) is 0 Å². The zero-order valence-corrected chi connectivity index (χ0v) is 17.6. The fraction of sp³-hybridized carbons (Fsp3) is 0.320. The lowest BCUT2D eigenvalue weighted by Crippen LogP contribution is -2.40. The van der Waals surface area contributed by atoms with Crippen LogP contribution in [0.3, 0.4) is 0 Å². The molecule has 1 aliphatic rings. The minimum atomic E-state index is 0.0597. The summed E-state index contributed by atoms with van der Waals surface area (Å²) in [7, 11) is 0. The number of hydrogen-bond donors (Lipinski definition) is 1. The van der Waals surface area contributed by atoms with E-state index in [4.69, 9.17) is 4.98 Å². The van der Waals surface area contributed by atoms with E-state index in [2.05, 4.69) is 71.5 Å². The van der Waals surface area contributed by atoms with Crippen molar-refractivity contribution in [3.05, 3.63) is 77.5 Å². The van der Waals surface area contributed by atoms with Gasteiger partial charge < -0.3 is 10.2 Å². The highest BCUT2D eigenvalue weighted by molar-refractivity contribution is 5.79. The molecule has 1 aliphatic heterocycles. The van der Waals surface area contributed by atoms with Crippen molar-refractivity contribution in [2.75, 3.05) is 18.0 Å². The summed E-state index contributed by atoms with van der Waals surface area (Å²) in [6.07, 6.45) is 3.49. The van der Waals surface area contributed by atoms with Crippen LogP contribution in [0.4, 0.5) is 5.82 Å². The number of amides is 1. The van der Waals surface area contributed by atoms with E-state index in [1.165, 1.54) is 11.1 Å². The average Bonchev–Trinajstić information content (AvgIpc) is 2.78. The summed E-state index contributed by atoms with van der Waals surface area (Å²) in [6.45, 7) is 6.38. The summed E-state index contributed by atoms with van der Waals surface area (Å²) in [5.74, 6) is 1.88. The topological polar surface area (TPSA) is 58.1 Å². The lowest BCUT2D eigenvalue weighted by atomic mass is 9.95. The van der Waals surface area contributed by atoms with E-state index >= 15 is 0 Å². The second kappa shape index (κ2) is 9.08. The Balaban J connectivity index is 1.33. The Kier molecular flexibility index (Phi) is 6.07. The summed E-state index contributed by atoms with van der Waals surface area (Å²) in [4.78, 5) is 24.1. The fourth-order valence-electron chi connectivity index (χ4n) is 3.89. The summed E-state index contributed by atoms with van der Waals surface area (Å²) in [5, 5.41) is 3.10. The molecule has 0 bridgehead atoms. The Labute approximate surface area is 178 Å². The molecule has 0 atom stereocenters. The minimum absolute atomic E-state index is 0.0597. The SMILES string of the molecule is Cc1ccc(-c2nccc(N3CCC(C(=O)NCc4cccc(C)c4)CC3)n2)cc1. The zero-order chi connectivity index (χ0) is 20.9. The molecule has 5 nitrogen and oxygen atoms in total. The van der Waals surface area contributed by atoms with Crippen LogP contribution in [0.15, 0.2) is 60.8 Å². The standard InChI is InChI=1S/C25H28N4O/c1-18-6-8-21(9-7-18)24-26-13-10-23(28-24)29-14-11-22(12-15-29)25(30)27-17-20-5-3-4-19(2)16-20/h3-10,13,16,22H,11-12,14-15,17H2,1-2H3,(H,27,30). The van der Waals surface area contributed by atoms with E-state index in [9.17, 15) is 4.79 Å². The first-order chi connectivity index (χ1) is 14.6. The third-order valence-electron chi connectivity index (χ3n) is 5.69. The van der Waals surface area contributed by atoms with Gasteiger partial charge in [0, 0.05) is 37.3 Å². The predicted molar refractivity (Wildman–Crippen MR) is 120 cm³/mol. The van der Waals surface area contributed by atoms with Crippen LogP contribution in [0, 0.1) is 19.8 Å². The number of aromatic nitrogens is 2. The minimum Gasteiger partial charge on any atom is -0.356 e. The van der Waals surface area contributed by atoms with Gasteiger partial charge in [-0.15, -0.1) is 0 Å². The Hall–Kier alpha value is -3.21. The molecular weight excluding hydrogens is 372 g/mol. The van der Waals surface area contributed by atoms with Gasteiger partial charge in [-0.05, 0) is 38.3 Å². The first kappa shape index (κ1) is 20.1. The Morgan fingerprint density at radius 2 is 1.80 bits per heavy atom. The van der Waals surface area contributed by atoms with Gasteiger partial charge in [0.1, 0.15) is 5.82 Å². The van der Waals surface area contributed by atoms with Gasteiger partial charge in [-0.2, -0.15) is 0 Å². The van der Waals surface area contributed by atoms with Crippen LogP contribution in [0.25, 0.3) is 11.4 Å². The number of carbonyl (C=O) groups is 1. The first-order valence-electron chi connectivity index (χ1n) is 10.6. The molecule has 1 saturated heterocycles. The molecule has 0 aliphatic carbocycles. The van der Waals surface area contributed by atoms with Gasteiger partial charge in [0.25, 0.3) is 0 Å². The molecular formula is C25H28N4O. The van der Waals surface area contributed by atoms with Crippen LogP contribution in [-0.4, -0.2) is 29.0 Å². The third kappa shape index (κ3) is 4.85. The molecule has 1 N–H and O–H groups in total. The average molecular weight is 401 g/mol. The lowest BCUT2D eigenvalue weighted by Gasteiger charge is -2.32. The van der Waals surface area contributed by atoms with Crippen molar-refractivity contribution < 1.29 is 4.79 Å². The number of anilines is 1. The number of carbonyl (C=O) groups excluding carboxylic acids is 1. The number of benzene rings is 2. The summed E-state index contributed by atoms with van der Waals surface area (Å²) < 4.78 is 0. The van der Waals surface area contributed by atoms with Crippen molar-refractivity contribution in [2.24, 2.45) is 5.92 Å². The largest absolute Gasteiger partial charge is 0.356 e. The number of rotatable bonds is 5. The number of hydrogen-bond acceptors (Lipinski definition) is 4. The van der Waals surface area contributed by atoms with Gasteiger partial charge >= 0.3 is 0 Å². The quantitative estimate of drug-likeness (QED) is 0.694. The van der Waals surface area contributed by atoms with Crippen molar-refractivity contribution in [1.82, 2.24) is 15.3 Å². The van der Waals surface area contributed by atoms with Crippen molar-refractivity contribution in [3.8, 4) is 11.4 Å². The summed E-state index contributed by atoms with van der Waals surface area (Å²) in [6, 6.07) is 18.5. The smallest absolute Gasteiger partial charge is 0.223 e. The number of nitrogens with one attached hydrogen (secondary N) is 1. The zero-order valence-electron chi connectivity index (χ0n) is 17.6. The van der Waals surface area contributed by atoms with E-state index in [0.29, 0.717) is 6.54 Å². The predicted octanol–water partition coefficient (Wildman–Crippen LogP) is 4.29. The lowest BCUT2D eigenvalue weighted by molar-refractivity contribution is -0.125. The van der Waals surface area contributed by atoms with E-state index in [0.717, 1.165) is 48.7 Å². The second-order valence-corrected chi connectivity index (χ2v) is 8.07. The van der Waals surface area contributed by atoms with Crippen molar-refractivity contribution in [1.29, 1.82) is 0 Å². The highest BCUT2D eigenvalue weighted by atomic mass is 16.1. The molecule has 5 heteroatoms. The Bertz CT molecular complexity index is 1010. The third-order valence-corrected chi connectivity index (χ3v) is 5.69. The van der Waals surface area contributed by atoms with E-state index < -0.39 is 0 Å². The van der Waals surface area contributed by atoms with Crippen LogP contribution in [0.1, 0.15) is 29.5 Å². The molecule has 1 fully saturated rings. The van der Waals surface area contributed by atoms with Crippen molar-refractivity contribution in [2.45, 2.75) is 33.2 Å². The maximum absolute atomic E-state index is 12.6. The first-order valence-corrected chi connectivity index (χ1v) is 10.6. The molecule has 2 heterocycles. The van der Waals surface area contributed by atoms with Crippen LogP contribution in [0.2, 0.25) is 0 Å². The highest BCUT2D eigenvalue weighted by Crippen LogP contribution is 2.24. The summed E-state index contributed by atoms with van der Waals surface area (Å²) >= 11 is 0. The van der Waals surface area contributed by atoms with Crippen LogP contribution in [0.5, 0.6) is 0 Å². The number of nitrogens with zero attached hydrogens (tertiary/aromatic N) is 3. The molecule has 1 amide bonds. The van der Waals surface area contributed by atoms with E-state index in [1.807, 2.05) is 18.3 Å². The molecule has 154 valence electrons. The Morgan fingerprint density at radius 1 is 1.03 bits per heavy atom. The van der Waals surface area contributed by atoms with Gasteiger partial charge in [-0.25, -0.2) is 9.97 Å². The van der Waals surface area contributed by atoms with Gasteiger partial charge in [-0.3, -0.25) is 4.79 Å². The molecule has 4 rings (SSSR count). The van der Waals surface area contributed by atoms with Crippen molar-refractivity contribution in [3.63, 3.8) is 0 Å². The molecule has 1 aromatic heterocycles. The van der Waals surface area contributed by atoms with Gasteiger partial charge in [-0.1, -0.05) is 59.7 Å². The molecule has 3 aromatic rings.